The fraction of sp³-hybridized carbons (Fsp3) is 0.143. The quantitative estimate of drug-likeness (QED) is 0.633. The Morgan fingerprint density at radius 3 is 2.08 bits per heavy atom. The fourth-order valence-electron chi connectivity index (χ4n) is 0.614. The maximum atomic E-state index is 11.9. The van der Waals surface area contributed by atoms with Gasteiger partial charge in [-0.05, 0) is 18.2 Å². The van der Waals surface area contributed by atoms with Crippen LogP contribution in [0, 0.1) is 6.07 Å². The number of rotatable bonds is 0. The van der Waals surface area contributed by atoms with E-state index in [-0.39, 0.29) is 59.1 Å². The van der Waals surface area contributed by atoms with Crippen LogP contribution in [-0.2, 0) is 6.18 Å². The number of hydrogen-bond acceptors (Lipinski definition) is 0. The molecule has 0 aliphatic rings. The summed E-state index contributed by atoms with van der Waals surface area (Å²) in [6.45, 7) is 0. The Bertz CT molecular complexity index is 262. The average Bonchev–Trinajstić information content (AvgIpc) is 1.86. The van der Waals surface area contributed by atoms with Gasteiger partial charge in [0.25, 0.3) is 0 Å². The van der Waals surface area contributed by atoms with Crippen molar-refractivity contribution in [1.29, 1.82) is 0 Å². The number of benzene rings is 1. The molecule has 0 bridgehead atoms. The zero-order valence-electron chi connectivity index (χ0n) is 5.24. The van der Waals surface area contributed by atoms with Crippen LogP contribution in [0.5, 0.6) is 0 Å². The van der Waals surface area contributed by atoms with Crippen molar-refractivity contribution in [3.63, 3.8) is 0 Å². The zero-order valence-corrected chi connectivity index (χ0v) is 6.83. The summed E-state index contributed by atoms with van der Waals surface area (Å²) >= 11 is 2.90. The van der Waals surface area contributed by atoms with E-state index in [2.05, 4.69) is 22.0 Å². The SMILES string of the molecule is FC(F)(F)c1cc[c]c(Br)c1.[NaH].[NaH]. The summed E-state index contributed by atoms with van der Waals surface area (Å²) in [5.41, 5.74) is -0.664. The third-order valence-corrected chi connectivity index (χ3v) is 1.55. The minimum absolute atomic E-state index is 0. The van der Waals surface area contributed by atoms with Gasteiger partial charge in [0.15, 0.2) is 0 Å². The monoisotopic (exact) mass is 271 g/mol. The van der Waals surface area contributed by atoms with E-state index in [4.69, 9.17) is 0 Å². The number of hydrogen-bond donors (Lipinski definition) is 0. The van der Waals surface area contributed by atoms with Crippen LogP contribution >= 0.6 is 15.9 Å². The molecule has 0 aliphatic heterocycles. The molecule has 0 fully saturated rings. The standard InChI is InChI=1S/C7H3BrF3.2Na.2H/c8-6-3-1-2-5(4-6)7(9,10)11;;;;/h1-2,4H;;;;. The van der Waals surface area contributed by atoms with Gasteiger partial charge in [-0.15, -0.1) is 0 Å². The summed E-state index contributed by atoms with van der Waals surface area (Å²) < 4.78 is 36.1. The van der Waals surface area contributed by atoms with Gasteiger partial charge in [0.05, 0.1) is 5.56 Å². The van der Waals surface area contributed by atoms with Gasteiger partial charge in [-0.3, -0.25) is 0 Å². The van der Waals surface area contributed by atoms with Crippen LogP contribution in [0.15, 0.2) is 22.7 Å². The van der Waals surface area contributed by atoms with Crippen molar-refractivity contribution in [3.05, 3.63) is 34.3 Å². The molecule has 1 aromatic carbocycles. The Hall–Kier alpha value is 1.49. The van der Waals surface area contributed by atoms with E-state index in [0.717, 1.165) is 12.1 Å². The summed E-state index contributed by atoms with van der Waals surface area (Å²) in [4.78, 5) is 0. The van der Waals surface area contributed by atoms with Crippen molar-refractivity contribution in [2.75, 3.05) is 0 Å². The minimum atomic E-state index is -4.27. The van der Waals surface area contributed by atoms with Crippen LogP contribution in [0.2, 0.25) is 0 Å². The van der Waals surface area contributed by atoms with Crippen LogP contribution in [0.25, 0.3) is 0 Å². The van der Waals surface area contributed by atoms with Gasteiger partial charge >= 0.3 is 65.3 Å². The molecule has 0 saturated carbocycles. The molecule has 0 nitrogen and oxygen atoms in total. The van der Waals surface area contributed by atoms with Crippen LogP contribution < -0.4 is 0 Å². The van der Waals surface area contributed by atoms with Gasteiger partial charge in [0.1, 0.15) is 0 Å². The molecule has 1 radical (unpaired) electrons. The van der Waals surface area contributed by atoms with Crippen molar-refractivity contribution in [1.82, 2.24) is 0 Å². The van der Waals surface area contributed by atoms with Gasteiger partial charge < -0.3 is 0 Å². The van der Waals surface area contributed by atoms with Crippen molar-refractivity contribution in [2.45, 2.75) is 6.18 Å². The van der Waals surface area contributed by atoms with Gasteiger partial charge in [0.2, 0.25) is 0 Å². The first-order valence-corrected chi connectivity index (χ1v) is 3.54. The van der Waals surface area contributed by atoms with Gasteiger partial charge in [0, 0.05) is 4.47 Å². The van der Waals surface area contributed by atoms with E-state index < -0.39 is 11.7 Å². The molecule has 0 N–H and O–H groups in total. The molecular weight excluding hydrogens is 267 g/mol. The summed E-state index contributed by atoms with van der Waals surface area (Å²) in [5.74, 6) is 0. The maximum absolute atomic E-state index is 11.9. The summed E-state index contributed by atoms with van der Waals surface area (Å²) in [6, 6.07) is 5.75. The molecular formula is C7H5BrF3Na2. The van der Waals surface area contributed by atoms with Gasteiger partial charge in [-0.25, -0.2) is 0 Å². The molecule has 0 aliphatic carbocycles. The fourth-order valence-corrected chi connectivity index (χ4v) is 0.992. The Labute approximate surface area is 127 Å². The topological polar surface area (TPSA) is 0 Å². The van der Waals surface area contributed by atoms with Crippen molar-refractivity contribution in [2.24, 2.45) is 0 Å². The van der Waals surface area contributed by atoms with Crippen LogP contribution in [0.1, 0.15) is 5.56 Å². The second-order valence-electron chi connectivity index (χ2n) is 1.92. The molecule has 6 heteroatoms. The molecule has 0 spiro atoms. The van der Waals surface area contributed by atoms with E-state index in [1.54, 1.807) is 0 Å². The third-order valence-electron chi connectivity index (χ3n) is 1.09. The molecule has 0 unspecified atom stereocenters. The van der Waals surface area contributed by atoms with Crippen LogP contribution in [0.4, 0.5) is 13.2 Å². The normalized spacial score (nSPS) is 9.85. The Morgan fingerprint density at radius 2 is 1.77 bits per heavy atom. The van der Waals surface area contributed by atoms with E-state index in [1.807, 2.05) is 0 Å². The van der Waals surface area contributed by atoms with Crippen molar-refractivity contribution in [3.8, 4) is 0 Å². The summed E-state index contributed by atoms with van der Waals surface area (Å²) in [7, 11) is 0. The van der Waals surface area contributed by atoms with Gasteiger partial charge in [-0.2, -0.15) is 13.2 Å². The molecule has 0 amide bonds. The number of halogens is 4. The number of alkyl halides is 3. The predicted molar refractivity (Wildman–Crippen MR) is 52.3 cm³/mol. The first-order valence-electron chi connectivity index (χ1n) is 2.74. The van der Waals surface area contributed by atoms with Gasteiger partial charge in [-0.1, -0.05) is 22.0 Å². The van der Waals surface area contributed by atoms with Crippen molar-refractivity contribution >= 4 is 75.0 Å². The molecule has 0 heterocycles. The third kappa shape index (κ3) is 5.82. The average molecular weight is 272 g/mol. The Morgan fingerprint density at radius 1 is 1.23 bits per heavy atom. The van der Waals surface area contributed by atoms with E-state index in [9.17, 15) is 13.2 Å². The molecule has 13 heavy (non-hydrogen) atoms. The van der Waals surface area contributed by atoms with E-state index in [0.29, 0.717) is 4.47 Å². The molecule has 1 aromatic rings. The zero-order chi connectivity index (χ0) is 8.48. The molecule has 0 saturated heterocycles. The van der Waals surface area contributed by atoms with E-state index >= 15 is 0 Å². The first kappa shape index (κ1) is 16.9. The Kier molecular flexibility index (Phi) is 8.95. The second-order valence-corrected chi connectivity index (χ2v) is 2.78. The summed E-state index contributed by atoms with van der Waals surface area (Å²) in [5, 5.41) is 0. The molecule has 0 atom stereocenters. The van der Waals surface area contributed by atoms with Crippen LogP contribution in [-0.4, -0.2) is 59.1 Å². The van der Waals surface area contributed by atoms with Crippen molar-refractivity contribution < 1.29 is 13.2 Å². The second kappa shape index (κ2) is 6.88. The van der Waals surface area contributed by atoms with Crippen LogP contribution in [0.3, 0.4) is 0 Å². The Balaban J connectivity index is 0. The predicted octanol–water partition coefficient (Wildman–Crippen LogP) is 1.97. The molecule has 0 aromatic heterocycles. The molecule has 63 valence electrons. The van der Waals surface area contributed by atoms with E-state index in [1.165, 1.54) is 6.07 Å². The molecule has 1 rings (SSSR count). The first-order chi connectivity index (χ1) is 5.00. The summed E-state index contributed by atoms with van der Waals surface area (Å²) in [6.07, 6.45) is -4.27.